The topological polar surface area (TPSA) is 58.1 Å². The molecule has 6 heteroatoms. The molecule has 2 aromatic carbocycles. The highest BCUT2D eigenvalue weighted by atomic mass is 32.1. The molecule has 0 radical (unpaired) electrons. The molecule has 5 nitrogen and oxygen atoms in total. The summed E-state index contributed by atoms with van der Waals surface area (Å²) in [5.41, 5.74) is 9.70. The highest BCUT2D eigenvalue weighted by Gasteiger charge is 2.21. The van der Waals surface area contributed by atoms with E-state index in [0.717, 1.165) is 60.2 Å². The maximum Gasteiger partial charge on any atom is 0.251 e. The first-order valence-electron chi connectivity index (χ1n) is 11.2. The van der Waals surface area contributed by atoms with Crippen LogP contribution in [-0.2, 0) is 6.54 Å². The van der Waals surface area contributed by atoms with E-state index in [1.165, 1.54) is 11.1 Å². The minimum Gasteiger partial charge on any atom is -0.355 e. The second-order valence-electron chi connectivity index (χ2n) is 8.27. The lowest BCUT2D eigenvalue weighted by molar-refractivity contribution is 0.0963. The van der Waals surface area contributed by atoms with Gasteiger partial charge in [-0.25, -0.2) is 4.98 Å². The maximum absolute atomic E-state index is 12.1. The molecule has 0 aliphatic carbocycles. The van der Waals surface area contributed by atoms with Crippen molar-refractivity contribution in [3.63, 3.8) is 0 Å². The zero-order chi connectivity index (χ0) is 22.6. The second kappa shape index (κ2) is 9.65. The highest BCUT2D eigenvalue weighted by molar-refractivity contribution is 7.07. The normalized spacial score (nSPS) is 14.4. The van der Waals surface area contributed by atoms with E-state index in [9.17, 15) is 4.79 Å². The summed E-state index contributed by atoms with van der Waals surface area (Å²) < 4.78 is 0. The van der Waals surface area contributed by atoms with Gasteiger partial charge in [-0.15, -0.1) is 11.3 Å². The Morgan fingerprint density at radius 2 is 1.76 bits per heavy atom. The van der Waals surface area contributed by atoms with E-state index in [1.54, 1.807) is 18.4 Å². The Morgan fingerprint density at radius 3 is 2.48 bits per heavy atom. The van der Waals surface area contributed by atoms with Crippen LogP contribution < -0.4 is 5.32 Å². The summed E-state index contributed by atoms with van der Waals surface area (Å²) in [4.78, 5) is 23.7. The van der Waals surface area contributed by atoms with Crippen molar-refractivity contribution in [2.24, 2.45) is 0 Å². The predicted molar refractivity (Wildman–Crippen MR) is 134 cm³/mol. The van der Waals surface area contributed by atoms with Crippen molar-refractivity contribution < 1.29 is 4.79 Å². The van der Waals surface area contributed by atoms with Crippen molar-refractivity contribution in [1.82, 2.24) is 20.2 Å². The monoisotopic (exact) mass is 454 g/mol. The molecule has 1 aliphatic rings. The van der Waals surface area contributed by atoms with E-state index >= 15 is 0 Å². The molecule has 1 aliphatic heterocycles. The van der Waals surface area contributed by atoms with Gasteiger partial charge in [0.05, 0.1) is 16.7 Å². The SMILES string of the molecule is CNC(=O)c1ccc(C(=C2CCN(Cc3cscn3)CC2)c2cccc3cccnc23)cc1. The molecule has 1 amide bonds. The van der Waals surface area contributed by atoms with E-state index < -0.39 is 0 Å². The maximum atomic E-state index is 12.1. The number of thiazole rings is 1. The number of rotatable bonds is 5. The Kier molecular flexibility index (Phi) is 6.28. The van der Waals surface area contributed by atoms with E-state index in [2.05, 4.69) is 57.0 Å². The Bertz CT molecular complexity index is 1280. The number of likely N-dealkylation sites (tertiary alicyclic amines) is 1. The van der Waals surface area contributed by atoms with E-state index in [4.69, 9.17) is 4.98 Å². The number of nitrogens with zero attached hydrogens (tertiary/aromatic N) is 3. The number of fused-ring (bicyclic) bond motifs is 1. The van der Waals surface area contributed by atoms with Crippen LogP contribution in [0.5, 0.6) is 0 Å². The van der Waals surface area contributed by atoms with Crippen molar-refractivity contribution in [2.75, 3.05) is 20.1 Å². The standard InChI is InChI=1S/C27H26N4OS/c1-28-27(32)22-9-7-19(8-10-22)25(24-6-2-4-21-5-3-13-29-26(21)24)20-11-14-31(15-12-20)16-23-17-33-18-30-23/h2-10,13,17-18H,11-12,14-16H2,1H3,(H,28,32). The Balaban J connectivity index is 1.54. The van der Waals surface area contributed by atoms with Crippen LogP contribution in [0.4, 0.5) is 0 Å². The molecular weight excluding hydrogens is 428 g/mol. The van der Waals surface area contributed by atoms with Gasteiger partial charge in [0.15, 0.2) is 0 Å². The third kappa shape index (κ3) is 4.58. The number of pyridine rings is 1. The Morgan fingerprint density at radius 1 is 1.00 bits per heavy atom. The number of para-hydroxylation sites is 1. The van der Waals surface area contributed by atoms with Crippen LogP contribution in [0, 0.1) is 0 Å². The predicted octanol–water partition coefficient (Wildman–Crippen LogP) is 5.15. The van der Waals surface area contributed by atoms with Crippen molar-refractivity contribution in [2.45, 2.75) is 19.4 Å². The van der Waals surface area contributed by atoms with Crippen LogP contribution in [0.25, 0.3) is 16.5 Å². The first-order chi connectivity index (χ1) is 16.2. The third-order valence-corrected chi connectivity index (χ3v) is 6.88. The first kappa shape index (κ1) is 21.5. The fourth-order valence-corrected chi connectivity index (χ4v) is 5.11. The number of carbonyl (C=O) groups excluding carboxylic acids is 1. The minimum absolute atomic E-state index is 0.0714. The Labute approximate surface area is 197 Å². The average molecular weight is 455 g/mol. The van der Waals surface area contributed by atoms with Crippen LogP contribution in [0.15, 0.2) is 77.3 Å². The van der Waals surface area contributed by atoms with Gasteiger partial charge in [0.2, 0.25) is 0 Å². The van der Waals surface area contributed by atoms with E-state index in [-0.39, 0.29) is 5.91 Å². The van der Waals surface area contributed by atoms with Crippen molar-refractivity contribution in [3.8, 4) is 0 Å². The van der Waals surface area contributed by atoms with Crippen LogP contribution in [0.3, 0.4) is 0 Å². The lowest BCUT2D eigenvalue weighted by atomic mass is 9.87. The van der Waals surface area contributed by atoms with Crippen LogP contribution in [-0.4, -0.2) is 40.9 Å². The van der Waals surface area contributed by atoms with Crippen LogP contribution in [0.1, 0.15) is 40.0 Å². The molecule has 0 atom stereocenters. The molecule has 2 aromatic heterocycles. The van der Waals surface area contributed by atoms with Gasteiger partial charge in [-0.1, -0.05) is 42.0 Å². The summed E-state index contributed by atoms with van der Waals surface area (Å²) in [5, 5.41) is 5.97. The molecule has 1 saturated heterocycles. The lowest BCUT2D eigenvalue weighted by Crippen LogP contribution is -2.30. The summed E-state index contributed by atoms with van der Waals surface area (Å²) in [6.45, 7) is 2.92. The number of hydrogen-bond donors (Lipinski definition) is 1. The van der Waals surface area contributed by atoms with Crippen molar-refractivity contribution in [3.05, 3.63) is 99.6 Å². The van der Waals surface area contributed by atoms with Crippen molar-refractivity contribution in [1.29, 1.82) is 0 Å². The van der Waals surface area contributed by atoms with Crippen LogP contribution in [0.2, 0.25) is 0 Å². The second-order valence-corrected chi connectivity index (χ2v) is 8.99. The molecule has 5 rings (SSSR count). The first-order valence-corrected chi connectivity index (χ1v) is 12.2. The fourth-order valence-electron chi connectivity index (χ4n) is 4.56. The molecule has 0 bridgehead atoms. The highest BCUT2D eigenvalue weighted by Crippen LogP contribution is 2.35. The number of aromatic nitrogens is 2. The van der Waals surface area contributed by atoms with Gasteiger partial charge in [-0.2, -0.15) is 0 Å². The fraction of sp³-hybridized carbons (Fsp3) is 0.222. The average Bonchev–Trinajstić information content (AvgIpc) is 3.38. The molecular formula is C27H26N4OS. The molecule has 3 heterocycles. The lowest BCUT2D eigenvalue weighted by Gasteiger charge is -2.30. The summed E-state index contributed by atoms with van der Waals surface area (Å²) in [6, 6.07) is 18.4. The smallest absolute Gasteiger partial charge is 0.251 e. The van der Waals surface area contributed by atoms with Gasteiger partial charge >= 0.3 is 0 Å². The van der Waals surface area contributed by atoms with Gasteiger partial charge in [-0.05, 0) is 42.2 Å². The van der Waals surface area contributed by atoms with Gasteiger partial charge in [0.25, 0.3) is 5.91 Å². The summed E-state index contributed by atoms with van der Waals surface area (Å²) in [5.74, 6) is -0.0714. The summed E-state index contributed by atoms with van der Waals surface area (Å²) >= 11 is 1.65. The number of piperidine rings is 1. The summed E-state index contributed by atoms with van der Waals surface area (Å²) in [7, 11) is 1.66. The van der Waals surface area contributed by atoms with E-state index in [0.29, 0.717) is 5.56 Å². The largest absolute Gasteiger partial charge is 0.355 e. The molecule has 0 unspecified atom stereocenters. The number of hydrogen-bond acceptors (Lipinski definition) is 5. The molecule has 0 saturated carbocycles. The van der Waals surface area contributed by atoms with Gasteiger partial charge in [-0.3, -0.25) is 14.7 Å². The molecule has 33 heavy (non-hydrogen) atoms. The molecule has 1 fully saturated rings. The quantitative estimate of drug-likeness (QED) is 0.453. The van der Waals surface area contributed by atoms with Gasteiger partial charge in [0, 0.05) is 54.8 Å². The number of benzene rings is 2. The minimum atomic E-state index is -0.0714. The van der Waals surface area contributed by atoms with E-state index in [1.807, 2.05) is 29.9 Å². The number of nitrogens with one attached hydrogen (secondary N) is 1. The van der Waals surface area contributed by atoms with Gasteiger partial charge < -0.3 is 5.32 Å². The van der Waals surface area contributed by atoms with Crippen LogP contribution >= 0.6 is 11.3 Å². The Hall–Kier alpha value is -3.35. The summed E-state index contributed by atoms with van der Waals surface area (Å²) in [6.07, 6.45) is 3.86. The molecule has 1 N–H and O–H groups in total. The molecule has 0 spiro atoms. The number of carbonyl (C=O) groups is 1. The van der Waals surface area contributed by atoms with Gasteiger partial charge in [0.1, 0.15) is 0 Å². The number of amides is 1. The molecule has 166 valence electrons. The third-order valence-electron chi connectivity index (χ3n) is 6.25. The zero-order valence-corrected chi connectivity index (χ0v) is 19.4. The zero-order valence-electron chi connectivity index (χ0n) is 18.6. The molecule has 4 aromatic rings. The van der Waals surface area contributed by atoms with Crippen molar-refractivity contribution >= 4 is 33.7 Å².